The first kappa shape index (κ1) is 15.2. The molecule has 0 aliphatic carbocycles. The van der Waals surface area contributed by atoms with Crippen molar-refractivity contribution in [2.75, 3.05) is 13.1 Å². The molecule has 2 aliphatic heterocycles. The summed E-state index contributed by atoms with van der Waals surface area (Å²) in [6.07, 6.45) is 2.58. The quantitative estimate of drug-likeness (QED) is 0.677. The van der Waals surface area contributed by atoms with Crippen LogP contribution in [0.15, 0.2) is 59.8 Å². The van der Waals surface area contributed by atoms with E-state index in [2.05, 4.69) is 40.4 Å². The van der Waals surface area contributed by atoms with Crippen LogP contribution >= 0.6 is 0 Å². The molecule has 2 aromatic carbocycles. The minimum Gasteiger partial charge on any atom is -0.486 e. The van der Waals surface area contributed by atoms with E-state index in [0.717, 1.165) is 49.5 Å². The Hall–Kier alpha value is -2.33. The van der Waals surface area contributed by atoms with E-state index >= 15 is 0 Å². The van der Waals surface area contributed by atoms with E-state index < -0.39 is 0 Å². The fourth-order valence-electron chi connectivity index (χ4n) is 3.79. The summed E-state index contributed by atoms with van der Waals surface area (Å²) in [5, 5.41) is 13.0. The number of hydrogen-bond acceptors (Lipinski definition) is 4. The summed E-state index contributed by atoms with van der Waals surface area (Å²) in [6, 6.07) is 18.4. The van der Waals surface area contributed by atoms with Crippen LogP contribution in [0.1, 0.15) is 30.4 Å². The molecular weight excluding hydrogens is 300 g/mol. The molecule has 0 radical (unpaired) electrons. The van der Waals surface area contributed by atoms with Crippen molar-refractivity contribution >= 4 is 5.71 Å². The smallest absolute Gasteiger partial charge is 0.129 e. The lowest BCUT2D eigenvalue weighted by molar-refractivity contribution is 0.000432. The predicted octanol–water partition coefficient (Wildman–Crippen LogP) is 3.68. The van der Waals surface area contributed by atoms with E-state index in [1.807, 2.05) is 24.3 Å². The molecule has 0 unspecified atom stereocenters. The summed E-state index contributed by atoms with van der Waals surface area (Å²) in [7, 11) is 0. The Kier molecular flexibility index (Phi) is 3.98. The monoisotopic (exact) mass is 322 g/mol. The van der Waals surface area contributed by atoms with E-state index in [1.54, 1.807) is 0 Å². The standard InChI is InChI=1S/C20H22N2O2/c23-21-18-14-20(24-19-9-5-4-8-17(18)19)10-12-22(13-11-20)15-16-6-2-1-3-7-16/h1-9,23H,10-15H2/b21-18+. The number of benzene rings is 2. The van der Waals surface area contributed by atoms with Gasteiger partial charge >= 0.3 is 0 Å². The summed E-state index contributed by atoms with van der Waals surface area (Å²) in [5.41, 5.74) is 2.77. The number of oxime groups is 1. The Morgan fingerprint density at radius 2 is 1.71 bits per heavy atom. The topological polar surface area (TPSA) is 45.1 Å². The molecule has 2 heterocycles. The molecule has 2 aliphatic rings. The Morgan fingerprint density at radius 3 is 2.46 bits per heavy atom. The van der Waals surface area contributed by atoms with E-state index in [9.17, 15) is 5.21 Å². The largest absolute Gasteiger partial charge is 0.486 e. The molecule has 4 rings (SSSR count). The molecule has 4 heteroatoms. The van der Waals surface area contributed by atoms with Gasteiger partial charge in [0.05, 0.1) is 5.71 Å². The van der Waals surface area contributed by atoms with Crippen molar-refractivity contribution in [1.29, 1.82) is 0 Å². The van der Waals surface area contributed by atoms with E-state index in [0.29, 0.717) is 6.42 Å². The number of hydrogen-bond donors (Lipinski definition) is 1. The lowest BCUT2D eigenvalue weighted by Crippen LogP contribution is -2.50. The van der Waals surface area contributed by atoms with Crippen LogP contribution in [0.2, 0.25) is 0 Å². The summed E-state index contributed by atoms with van der Waals surface area (Å²) in [6.45, 7) is 2.97. The van der Waals surface area contributed by atoms with Gasteiger partial charge in [0.2, 0.25) is 0 Å². The molecule has 1 N–H and O–H groups in total. The van der Waals surface area contributed by atoms with Crippen molar-refractivity contribution in [3.8, 4) is 5.75 Å². The fourth-order valence-corrected chi connectivity index (χ4v) is 3.79. The molecule has 1 fully saturated rings. The Bertz CT molecular complexity index is 734. The number of ether oxygens (including phenoxy) is 1. The maximum Gasteiger partial charge on any atom is 0.129 e. The first-order valence-corrected chi connectivity index (χ1v) is 8.54. The van der Waals surface area contributed by atoms with Crippen molar-refractivity contribution in [2.45, 2.75) is 31.4 Å². The molecule has 124 valence electrons. The highest BCUT2D eigenvalue weighted by Crippen LogP contribution is 2.39. The van der Waals surface area contributed by atoms with Crippen LogP contribution < -0.4 is 4.74 Å². The third-order valence-electron chi connectivity index (χ3n) is 5.15. The molecule has 2 aromatic rings. The average molecular weight is 322 g/mol. The summed E-state index contributed by atoms with van der Waals surface area (Å²) < 4.78 is 6.37. The van der Waals surface area contributed by atoms with Crippen molar-refractivity contribution in [1.82, 2.24) is 4.90 Å². The highest BCUT2D eigenvalue weighted by molar-refractivity contribution is 6.04. The van der Waals surface area contributed by atoms with Crippen LogP contribution in [-0.4, -0.2) is 34.5 Å². The number of likely N-dealkylation sites (tertiary alicyclic amines) is 1. The zero-order chi connectivity index (χ0) is 16.4. The van der Waals surface area contributed by atoms with Gasteiger partial charge in [0.15, 0.2) is 0 Å². The Morgan fingerprint density at radius 1 is 1.00 bits per heavy atom. The second kappa shape index (κ2) is 6.29. The van der Waals surface area contributed by atoms with Crippen LogP contribution in [0.3, 0.4) is 0 Å². The molecule has 4 nitrogen and oxygen atoms in total. The first-order valence-electron chi connectivity index (χ1n) is 8.54. The van der Waals surface area contributed by atoms with Crippen LogP contribution in [-0.2, 0) is 6.54 Å². The molecular formula is C20H22N2O2. The molecule has 0 aromatic heterocycles. The van der Waals surface area contributed by atoms with Gasteiger partial charge in [0.1, 0.15) is 11.4 Å². The minimum atomic E-state index is -0.233. The Labute approximate surface area is 142 Å². The van der Waals surface area contributed by atoms with Crippen LogP contribution in [0.4, 0.5) is 0 Å². The molecule has 0 atom stereocenters. The highest BCUT2D eigenvalue weighted by Gasteiger charge is 2.42. The SMILES string of the molecule is O/N=C1\CC2(CCN(Cc3ccccc3)CC2)Oc2ccccc21. The fraction of sp³-hybridized carbons (Fsp3) is 0.350. The second-order valence-electron chi connectivity index (χ2n) is 6.77. The number of nitrogens with zero attached hydrogens (tertiary/aromatic N) is 2. The predicted molar refractivity (Wildman–Crippen MR) is 93.7 cm³/mol. The van der Waals surface area contributed by atoms with Gasteiger partial charge in [0, 0.05) is 44.5 Å². The number of fused-ring (bicyclic) bond motifs is 1. The van der Waals surface area contributed by atoms with Crippen LogP contribution in [0.25, 0.3) is 0 Å². The van der Waals surface area contributed by atoms with Crippen molar-refractivity contribution in [3.63, 3.8) is 0 Å². The maximum atomic E-state index is 9.42. The summed E-state index contributed by atoms with van der Waals surface area (Å²) >= 11 is 0. The van der Waals surface area contributed by atoms with Gasteiger partial charge in [-0.3, -0.25) is 4.90 Å². The molecule has 0 saturated carbocycles. The first-order chi connectivity index (χ1) is 11.8. The number of para-hydroxylation sites is 1. The average Bonchev–Trinajstić information content (AvgIpc) is 2.64. The highest BCUT2D eigenvalue weighted by atomic mass is 16.5. The van der Waals surface area contributed by atoms with Gasteiger partial charge in [-0.15, -0.1) is 0 Å². The summed E-state index contributed by atoms with van der Waals surface area (Å²) in [5.74, 6) is 0.841. The van der Waals surface area contributed by atoms with Crippen molar-refractivity contribution in [3.05, 3.63) is 65.7 Å². The Balaban J connectivity index is 1.47. The van der Waals surface area contributed by atoms with Gasteiger partial charge in [-0.2, -0.15) is 0 Å². The van der Waals surface area contributed by atoms with Crippen molar-refractivity contribution < 1.29 is 9.94 Å². The molecule has 0 amide bonds. The van der Waals surface area contributed by atoms with E-state index in [-0.39, 0.29) is 5.60 Å². The molecule has 1 spiro atoms. The van der Waals surface area contributed by atoms with Gasteiger partial charge in [0.25, 0.3) is 0 Å². The molecule has 0 bridgehead atoms. The van der Waals surface area contributed by atoms with Gasteiger partial charge in [-0.25, -0.2) is 0 Å². The van der Waals surface area contributed by atoms with Crippen LogP contribution in [0.5, 0.6) is 5.75 Å². The van der Waals surface area contributed by atoms with Crippen molar-refractivity contribution in [2.24, 2.45) is 5.16 Å². The van der Waals surface area contributed by atoms with Crippen LogP contribution in [0, 0.1) is 0 Å². The van der Waals surface area contributed by atoms with Gasteiger partial charge in [-0.1, -0.05) is 47.6 Å². The summed E-state index contributed by atoms with van der Waals surface area (Å²) in [4.78, 5) is 2.47. The second-order valence-corrected chi connectivity index (χ2v) is 6.77. The van der Waals surface area contributed by atoms with Gasteiger partial charge in [-0.05, 0) is 17.7 Å². The maximum absolute atomic E-state index is 9.42. The van der Waals surface area contributed by atoms with E-state index in [1.165, 1.54) is 5.56 Å². The zero-order valence-electron chi connectivity index (χ0n) is 13.7. The number of piperidine rings is 1. The zero-order valence-corrected chi connectivity index (χ0v) is 13.7. The molecule has 24 heavy (non-hydrogen) atoms. The molecule has 1 saturated heterocycles. The normalized spacial score (nSPS) is 21.4. The number of rotatable bonds is 2. The lowest BCUT2D eigenvalue weighted by Gasteiger charge is -2.44. The third kappa shape index (κ3) is 2.89. The van der Waals surface area contributed by atoms with Gasteiger partial charge < -0.3 is 9.94 Å². The minimum absolute atomic E-state index is 0.233. The third-order valence-corrected chi connectivity index (χ3v) is 5.15. The lowest BCUT2D eigenvalue weighted by atomic mass is 9.82. The van der Waals surface area contributed by atoms with E-state index in [4.69, 9.17) is 4.74 Å².